The van der Waals surface area contributed by atoms with E-state index in [1.165, 1.54) is 18.5 Å². The summed E-state index contributed by atoms with van der Waals surface area (Å²) in [6, 6.07) is 6.18. The minimum atomic E-state index is 0.431. The predicted molar refractivity (Wildman–Crippen MR) is 62.3 cm³/mol. The zero-order valence-corrected chi connectivity index (χ0v) is 9.36. The van der Waals surface area contributed by atoms with Gasteiger partial charge in [0.05, 0.1) is 6.10 Å². The van der Waals surface area contributed by atoms with Crippen molar-refractivity contribution >= 4 is 5.69 Å². The van der Waals surface area contributed by atoms with Gasteiger partial charge in [0.15, 0.2) is 0 Å². The van der Waals surface area contributed by atoms with Crippen molar-refractivity contribution in [2.75, 3.05) is 19.0 Å². The largest absolute Gasteiger partial charge is 0.490 e. The van der Waals surface area contributed by atoms with Crippen LogP contribution in [0.4, 0.5) is 5.69 Å². The Balaban J connectivity index is 2.21. The summed E-state index contributed by atoms with van der Waals surface area (Å²) in [6.45, 7) is 0.531. The van der Waals surface area contributed by atoms with E-state index in [0.717, 1.165) is 11.3 Å². The normalized spacial score (nSPS) is 15.1. The van der Waals surface area contributed by atoms with Crippen LogP contribution in [-0.4, -0.2) is 20.2 Å². The van der Waals surface area contributed by atoms with Crippen LogP contribution in [0.1, 0.15) is 18.4 Å². The second-order valence-electron chi connectivity index (χ2n) is 4.21. The Morgan fingerprint density at radius 1 is 1.40 bits per heavy atom. The summed E-state index contributed by atoms with van der Waals surface area (Å²) < 4.78 is 5.78. The average molecular weight is 206 g/mol. The van der Waals surface area contributed by atoms with Gasteiger partial charge in [-0.2, -0.15) is 0 Å². The van der Waals surface area contributed by atoms with Crippen molar-refractivity contribution in [3.63, 3.8) is 0 Å². The smallest absolute Gasteiger partial charge is 0.124 e. The Morgan fingerprint density at radius 3 is 2.67 bits per heavy atom. The quantitative estimate of drug-likeness (QED) is 0.815. The third-order valence-corrected chi connectivity index (χ3v) is 2.60. The highest BCUT2D eigenvalue weighted by Crippen LogP contribution is 2.30. The molecule has 3 heteroatoms. The molecule has 1 aromatic carbocycles. The molecule has 0 amide bonds. The van der Waals surface area contributed by atoms with Gasteiger partial charge >= 0.3 is 0 Å². The first kappa shape index (κ1) is 10.3. The molecular formula is C12H18N2O. The molecular weight excluding hydrogens is 188 g/mol. The summed E-state index contributed by atoms with van der Waals surface area (Å²) in [5.41, 5.74) is 7.97. The number of nitrogens with two attached hydrogens (primary N) is 1. The van der Waals surface area contributed by atoms with Crippen LogP contribution in [0.2, 0.25) is 0 Å². The highest BCUT2D eigenvalue weighted by atomic mass is 16.5. The van der Waals surface area contributed by atoms with E-state index in [4.69, 9.17) is 10.5 Å². The first-order valence-electron chi connectivity index (χ1n) is 5.37. The third-order valence-electron chi connectivity index (χ3n) is 2.60. The highest BCUT2D eigenvalue weighted by Gasteiger charge is 2.24. The Labute approximate surface area is 90.8 Å². The molecule has 1 saturated carbocycles. The minimum Gasteiger partial charge on any atom is -0.490 e. The third kappa shape index (κ3) is 2.42. The summed E-state index contributed by atoms with van der Waals surface area (Å²) in [4.78, 5) is 2.07. The van der Waals surface area contributed by atoms with Crippen LogP contribution in [0.25, 0.3) is 0 Å². The molecule has 0 aliphatic heterocycles. The van der Waals surface area contributed by atoms with Crippen molar-refractivity contribution < 1.29 is 4.74 Å². The highest BCUT2D eigenvalue weighted by molar-refractivity contribution is 5.52. The molecule has 1 aromatic rings. The molecule has 0 unspecified atom stereocenters. The van der Waals surface area contributed by atoms with Gasteiger partial charge < -0.3 is 15.4 Å². The molecule has 0 heterocycles. The lowest BCUT2D eigenvalue weighted by molar-refractivity contribution is 0.300. The maximum absolute atomic E-state index is 5.78. The van der Waals surface area contributed by atoms with Crippen LogP contribution in [0, 0.1) is 0 Å². The average Bonchev–Trinajstić information content (AvgIpc) is 3.02. The van der Waals surface area contributed by atoms with Gasteiger partial charge in [-0.1, -0.05) is 0 Å². The number of benzene rings is 1. The molecule has 1 aliphatic carbocycles. The summed E-state index contributed by atoms with van der Waals surface area (Å²) >= 11 is 0. The van der Waals surface area contributed by atoms with Crippen molar-refractivity contribution in [1.29, 1.82) is 0 Å². The van der Waals surface area contributed by atoms with Crippen LogP contribution < -0.4 is 15.4 Å². The van der Waals surface area contributed by atoms with Crippen molar-refractivity contribution in [1.82, 2.24) is 0 Å². The second-order valence-corrected chi connectivity index (χ2v) is 4.21. The fourth-order valence-corrected chi connectivity index (χ4v) is 1.48. The van der Waals surface area contributed by atoms with E-state index in [9.17, 15) is 0 Å². The van der Waals surface area contributed by atoms with Crippen molar-refractivity contribution in [2.45, 2.75) is 25.5 Å². The molecule has 2 N–H and O–H groups in total. The summed E-state index contributed by atoms with van der Waals surface area (Å²) in [5, 5.41) is 0. The van der Waals surface area contributed by atoms with E-state index in [-0.39, 0.29) is 0 Å². The molecule has 0 aromatic heterocycles. The van der Waals surface area contributed by atoms with Crippen LogP contribution >= 0.6 is 0 Å². The fourth-order valence-electron chi connectivity index (χ4n) is 1.48. The van der Waals surface area contributed by atoms with Gasteiger partial charge in [0.25, 0.3) is 0 Å². The molecule has 2 rings (SSSR count). The monoisotopic (exact) mass is 206 g/mol. The second kappa shape index (κ2) is 4.11. The molecule has 0 spiro atoms. The number of hydrogen-bond donors (Lipinski definition) is 1. The molecule has 82 valence electrons. The first-order valence-corrected chi connectivity index (χ1v) is 5.37. The fraction of sp³-hybridized carbons (Fsp3) is 0.500. The molecule has 0 bridgehead atoms. The number of hydrogen-bond acceptors (Lipinski definition) is 3. The Kier molecular flexibility index (Phi) is 2.82. The minimum absolute atomic E-state index is 0.431. The Hall–Kier alpha value is -1.22. The van der Waals surface area contributed by atoms with E-state index >= 15 is 0 Å². The zero-order chi connectivity index (χ0) is 10.8. The lowest BCUT2D eigenvalue weighted by Crippen LogP contribution is -2.10. The summed E-state index contributed by atoms with van der Waals surface area (Å²) in [6.07, 6.45) is 2.79. The van der Waals surface area contributed by atoms with Gasteiger partial charge in [0.1, 0.15) is 5.75 Å². The number of nitrogens with zero attached hydrogens (tertiary/aromatic N) is 1. The molecule has 0 saturated heterocycles. The lowest BCUT2D eigenvalue weighted by Gasteiger charge is -2.16. The summed E-state index contributed by atoms with van der Waals surface area (Å²) in [5.74, 6) is 0.950. The maximum Gasteiger partial charge on any atom is 0.124 e. The summed E-state index contributed by atoms with van der Waals surface area (Å²) in [7, 11) is 4.05. The maximum atomic E-state index is 5.78. The number of ether oxygens (including phenoxy) is 1. The molecule has 15 heavy (non-hydrogen) atoms. The topological polar surface area (TPSA) is 38.5 Å². The van der Waals surface area contributed by atoms with Crippen molar-refractivity contribution in [3.05, 3.63) is 23.8 Å². The van der Waals surface area contributed by atoms with Crippen LogP contribution in [0.15, 0.2) is 18.2 Å². The van der Waals surface area contributed by atoms with Crippen LogP contribution in [0.5, 0.6) is 5.75 Å². The first-order chi connectivity index (χ1) is 7.20. The zero-order valence-electron chi connectivity index (χ0n) is 9.36. The van der Waals surface area contributed by atoms with E-state index in [0.29, 0.717) is 12.6 Å². The van der Waals surface area contributed by atoms with E-state index in [1.54, 1.807) is 0 Å². The van der Waals surface area contributed by atoms with E-state index < -0.39 is 0 Å². The van der Waals surface area contributed by atoms with E-state index in [1.807, 2.05) is 20.2 Å². The van der Waals surface area contributed by atoms with E-state index in [2.05, 4.69) is 17.0 Å². The van der Waals surface area contributed by atoms with Gasteiger partial charge in [-0.3, -0.25) is 0 Å². The molecule has 3 nitrogen and oxygen atoms in total. The standard InChI is InChI=1S/C12H18N2O/c1-14(2)10-3-6-12(9(7-10)8-13)15-11-4-5-11/h3,6-7,11H,4-5,8,13H2,1-2H3. The van der Waals surface area contributed by atoms with Crippen LogP contribution in [-0.2, 0) is 6.54 Å². The van der Waals surface area contributed by atoms with Crippen molar-refractivity contribution in [2.24, 2.45) is 5.73 Å². The lowest BCUT2D eigenvalue weighted by atomic mass is 10.1. The van der Waals surface area contributed by atoms with Crippen molar-refractivity contribution in [3.8, 4) is 5.75 Å². The molecule has 1 aliphatic rings. The van der Waals surface area contributed by atoms with Gasteiger partial charge in [-0.15, -0.1) is 0 Å². The SMILES string of the molecule is CN(C)c1ccc(OC2CC2)c(CN)c1. The van der Waals surface area contributed by atoms with Gasteiger partial charge in [0, 0.05) is 31.9 Å². The predicted octanol–water partition coefficient (Wildman–Crippen LogP) is 1.75. The number of anilines is 1. The van der Waals surface area contributed by atoms with Crippen LogP contribution in [0.3, 0.4) is 0 Å². The van der Waals surface area contributed by atoms with Gasteiger partial charge in [-0.05, 0) is 31.0 Å². The molecule has 0 radical (unpaired) electrons. The van der Waals surface area contributed by atoms with Gasteiger partial charge in [-0.25, -0.2) is 0 Å². The Morgan fingerprint density at radius 2 is 2.13 bits per heavy atom. The van der Waals surface area contributed by atoms with Gasteiger partial charge in [0.2, 0.25) is 0 Å². The Bertz CT molecular complexity index is 345. The molecule has 1 fully saturated rings. The number of rotatable bonds is 4. The molecule has 0 atom stereocenters.